The van der Waals surface area contributed by atoms with Crippen LogP contribution in [0, 0.1) is 6.92 Å². The van der Waals surface area contributed by atoms with Crippen molar-refractivity contribution in [2.75, 3.05) is 19.7 Å². The van der Waals surface area contributed by atoms with Gasteiger partial charge in [0.05, 0.1) is 27.0 Å². The van der Waals surface area contributed by atoms with Gasteiger partial charge in [0.2, 0.25) is 0 Å². The molecule has 1 N–H and O–H groups in total. The van der Waals surface area contributed by atoms with Gasteiger partial charge in [0.1, 0.15) is 0 Å². The number of carbonyl (C=O) groups excluding carboxylic acids is 1. The highest BCUT2D eigenvalue weighted by Gasteiger charge is 2.36. The fourth-order valence-corrected chi connectivity index (χ4v) is 3.77. The van der Waals surface area contributed by atoms with Gasteiger partial charge in [-0.3, -0.25) is 4.79 Å². The van der Waals surface area contributed by atoms with E-state index in [2.05, 4.69) is 15.9 Å². The number of carbonyl (C=O) groups is 1. The second-order valence-electron chi connectivity index (χ2n) is 5.44. The van der Waals surface area contributed by atoms with E-state index in [1.807, 2.05) is 26.8 Å². The number of ether oxygens (including phenoxy) is 1. The molecule has 1 fully saturated rings. The molecule has 0 bridgehead atoms. The van der Waals surface area contributed by atoms with E-state index in [0.29, 0.717) is 13.1 Å². The molecule has 19 heavy (non-hydrogen) atoms. The number of hydrogen-bond acceptors (Lipinski definition) is 4. The highest BCUT2D eigenvalue weighted by Crippen LogP contribution is 2.30. The Hall–Kier alpha value is -0.430. The molecule has 1 saturated heterocycles. The molecule has 0 aromatic carbocycles. The summed E-state index contributed by atoms with van der Waals surface area (Å²) >= 11 is 4.89. The Kier molecular flexibility index (Phi) is 4.35. The summed E-state index contributed by atoms with van der Waals surface area (Å²) in [5.41, 5.74) is 0.643. The maximum Gasteiger partial charge on any atom is 0.264 e. The number of nitrogens with zero attached hydrogens (tertiary/aromatic N) is 1. The lowest BCUT2D eigenvalue weighted by Crippen LogP contribution is -2.55. The molecule has 0 saturated carbocycles. The molecule has 1 amide bonds. The van der Waals surface area contributed by atoms with Gasteiger partial charge in [0, 0.05) is 13.1 Å². The summed E-state index contributed by atoms with van der Waals surface area (Å²) in [6, 6.07) is 1.90. The molecule has 2 rings (SSSR count). The van der Waals surface area contributed by atoms with Gasteiger partial charge in [-0.25, -0.2) is 0 Å². The average Bonchev–Trinajstić information content (AvgIpc) is 2.66. The fraction of sp³-hybridized carbons (Fsp3) is 0.615. The molecule has 1 aromatic rings. The standard InChI is InChI=1S/C13H18BrNO3S/c1-8-4-10(19-11(8)14)12(17)15-5-9(6-16)18-13(2,3)7-15/h4,9,16H,5-7H2,1-3H3. The predicted molar refractivity (Wildman–Crippen MR) is 78.7 cm³/mol. The van der Waals surface area contributed by atoms with E-state index in [-0.39, 0.29) is 18.6 Å². The van der Waals surface area contributed by atoms with Crippen molar-refractivity contribution in [3.05, 3.63) is 20.3 Å². The van der Waals surface area contributed by atoms with Crippen molar-refractivity contribution in [3.8, 4) is 0 Å². The third-order valence-electron chi connectivity index (χ3n) is 3.04. The summed E-state index contributed by atoms with van der Waals surface area (Å²) < 4.78 is 6.71. The summed E-state index contributed by atoms with van der Waals surface area (Å²) in [6.45, 7) is 6.75. The van der Waals surface area contributed by atoms with E-state index in [1.54, 1.807) is 4.90 Å². The van der Waals surface area contributed by atoms with E-state index >= 15 is 0 Å². The van der Waals surface area contributed by atoms with Gasteiger partial charge in [0.25, 0.3) is 5.91 Å². The molecule has 1 aliphatic heterocycles. The molecule has 106 valence electrons. The van der Waals surface area contributed by atoms with Crippen molar-refractivity contribution in [1.82, 2.24) is 4.90 Å². The summed E-state index contributed by atoms with van der Waals surface area (Å²) in [5.74, 6) is 0.00799. The Morgan fingerprint density at radius 1 is 1.68 bits per heavy atom. The highest BCUT2D eigenvalue weighted by atomic mass is 79.9. The Morgan fingerprint density at radius 2 is 2.37 bits per heavy atom. The second-order valence-corrected chi connectivity index (χ2v) is 7.81. The number of hydrogen-bond donors (Lipinski definition) is 1. The van der Waals surface area contributed by atoms with Crippen molar-refractivity contribution in [2.24, 2.45) is 0 Å². The van der Waals surface area contributed by atoms with Gasteiger partial charge >= 0.3 is 0 Å². The van der Waals surface area contributed by atoms with Crippen molar-refractivity contribution in [1.29, 1.82) is 0 Å². The highest BCUT2D eigenvalue weighted by molar-refractivity contribution is 9.11. The van der Waals surface area contributed by atoms with Crippen LogP contribution < -0.4 is 0 Å². The maximum atomic E-state index is 12.5. The van der Waals surface area contributed by atoms with E-state index < -0.39 is 5.60 Å². The summed E-state index contributed by atoms with van der Waals surface area (Å²) in [5, 5.41) is 9.27. The molecule has 0 aliphatic carbocycles. The maximum absolute atomic E-state index is 12.5. The lowest BCUT2D eigenvalue weighted by Gasteiger charge is -2.42. The minimum Gasteiger partial charge on any atom is -0.394 e. The number of aliphatic hydroxyl groups excluding tert-OH is 1. The van der Waals surface area contributed by atoms with Crippen LogP contribution in [-0.4, -0.2) is 47.3 Å². The van der Waals surface area contributed by atoms with Gasteiger partial charge in [-0.05, 0) is 48.3 Å². The summed E-state index contributed by atoms with van der Waals surface area (Å²) in [4.78, 5) is 15.0. The van der Waals surface area contributed by atoms with Crippen LogP contribution in [0.3, 0.4) is 0 Å². The third kappa shape index (κ3) is 3.37. The number of aryl methyl sites for hydroxylation is 1. The third-order valence-corrected chi connectivity index (χ3v) is 5.16. The van der Waals surface area contributed by atoms with E-state index in [1.165, 1.54) is 11.3 Å². The number of aliphatic hydroxyl groups is 1. The monoisotopic (exact) mass is 347 g/mol. The zero-order valence-electron chi connectivity index (χ0n) is 11.3. The van der Waals surface area contributed by atoms with E-state index in [9.17, 15) is 9.90 Å². The van der Waals surface area contributed by atoms with Crippen molar-refractivity contribution < 1.29 is 14.6 Å². The predicted octanol–water partition coefficient (Wildman–Crippen LogP) is 2.43. The number of halogens is 1. The first kappa shape index (κ1) is 15.0. The van der Waals surface area contributed by atoms with Gasteiger partial charge in [-0.15, -0.1) is 11.3 Å². The van der Waals surface area contributed by atoms with Gasteiger partial charge in [-0.2, -0.15) is 0 Å². The first-order chi connectivity index (χ1) is 8.82. The first-order valence-corrected chi connectivity index (χ1v) is 7.77. The van der Waals surface area contributed by atoms with Crippen LogP contribution >= 0.6 is 27.3 Å². The summed E-state index contributed by atoms with van der Waals surface area (Å²) in [6.07, 6.45) is -0.308. The molecule has 1 aromatic heterocycles. The van der Waals surface area contributed by atoms with Crippen LogP contribution in [-0.2, 0) is 4.74 Å². The van der Waals surface area contributed by atoms with Crippen LogP contribution in [0.4, 0.5) is 0 Å². The quantitative estimate of drug-likeness (QED) is 0.893. The molecule has 1 aliphatic rings. The van der Waals surface area contributed by atoms with Gasteiger partial charge in [-0.1, -0.05) is 0 Å². The largest absolute Gasteiger partial charge is 0.394 e. The van der Waals surface area contributed by atoms with Crippen molar-refractivity contribution in [3.63, 3.8) is 0 Å². The number of thiophene rings is 1. The molecule has 0 radical (unpaired) electrons. The molecule has 1 atom stereocenters. The lowest BCUT2D eigenvalue weighted by molar-refractivity contribution is -0.139. The molecular weight excluding hydrogens is 330 g/mol. The van der Waals surface area contributed by atoms with Crippen LogP contribution in [0.15, 0.2) is 9.85 Å². The zero-order chi connectivity index (χ0) is 14.2. The van der Waals surface area contributed by atoms with Gasteiger partial charge < -0.3 is 14.7 Å². The topological polar surface area (TPSA) is 49.8 Å². The van der Waals surface area contributed by atoms with E-state index in [4.69, 9.17) is 4.74 Å². The number of morpholine rings is 1. The Labute approximate surface area is 125 Å². The zero-order valence-corrected chi connectivity index (χ0v) is 13.7. The van der Waals surface area contributed by atoms with Crippen molar-refractivity contribution in [2.45, 2.75) is 32.5 Å². The molecule has 6 heteroatoms. The number of amides is 1. The Balaban J connectivity index is 2.18. The molecule has 1 unspecified atom stereocenters. The first-order valence-electron chi connectivity index (χ1n) is 6.16. The molecule has 2 heterocycles. The summed E-state index contributed by atoms with van der Waals surface area (Å²) in [7, 11) is 0. The van der Waals surface area contributed by atoms with Crippen LogP contribution in [0.5, 0.6) is 0 Å². The lowest BCUT2D eigenvalue weighted by atomic mass is 10.1. The smallest absolute Gasteiger partial charge is 0.264 e. The molecule has 4 nitrogen and oxygen atoms in total. The van der Waals surface area contributed by atoms with Gasteiger partial charge in [0.15, 0.2) is 0 Å². The fourth-order valence-electron chi connectivity index (χ4n) is 2.27. The average molecular weight is 348 g/mol. The normalized spacial score (nSPS) is 22.6. The number of rotatable bonds is 2. The SMILES string of the molecule is Cc1cc(C(=O)N2CC(CO)OC(C)(C)C2)sc1Br. The Morgan fingerprint density at radius 3 is 2.89 bits per heavy atom. The van der Waals surface area contributed by atoms with Crippen LogP contribution in [0.2, 0.25) is 0 Å². The minimum atomic E-state index is -0.426. The van der Waals surface area contributed by atoms with Crippen LogP contribution in [0.1, 0.15) is 29.1 Å². The molecule has 0 spiro atoms. The second kappa shape index (κ2) is 5.52. The van der Waals surface area contributed by atoms with E-state index in [0.717, 1.165) is 14.2 Å². The Bertz CT molecular complexity index is 467. The molecular formula is C13H18BrNO3S. The minimum absolute atomic E-state index is 0.00799. The van der Waals surface area contributed by atoms with Crippen LogP contribution in [0.25, 0.3) is 0 Å². The van der Waals surface area contributed by atoms with Crippen molar-refractivity contribution >= 4 is 33.2 Å².